The molecule has 1 amide bonds. The van der Waals surface area contributed by atoms with Crippen LogP contribution in [0.3, 0.4) is 0 Å². The predicted molar refractivity (Wildman–Crippen MR) is 133 cm³/mol. The van der Waals surface area contributed by atoms with Gasteiger partial charge in [-0.1, -0.05) is 12.1 Å². The number of hydrogen-bond acceptors (Lipinski definition) is 10. The van der Waals surface area contributed by atoms with Crippen LogP contribution in [0.5, 0.6) is 5.75 Å². The Balaban J connectivity index is 1.59. The molecule has 5 rings (SSSR count). The second kappa shape index (κ2) is 9.67. The number of nitrogens with zero attached hydrogens (tertiary/aromatic N) is 5. The largest absolute Gasteiger partial charge is 0.417 e. The first-order valence-corrected chi connectivity index (χ1v) is 14.1. The van der Waals surface area contributed by atoms with Crippen molar-refractivity contribution < 1.29 is 31.0 Å². The van der Waals surface area contributed by atoms with Gasteiger partial charge in [0.15, 0.2) is 11.5 Å². The Morgan fingerprint density at radius 2 is 1.97 bits per heavy atom. The van der Waals surface area contributed by atoms with E-state index >= 15 is 0 Å². The number of carbonyl (C=O) groups excluding carboxylic acids is 2. The van der Waals surface area contributed by atoms with Crippen molar-refractivity contribution in [1.29, 1.82) is 0 Å². The zero-order valence-electron chi connectivity index (χ0n) is 21.5. The summed E-state index contributed by atoms with van der Waals surface area (Å²) in [5.41, 5.74) is -1.66. The number of benzene rings is 1. The first kappa shape index (κ1) is 26.7. The number of amides is 1. The fraction of sp³-hybridized carbons (Fsp3) is 0.440. The molecule has 14 heteroatoms. The van der Waals surface area contributed by atoms with Gasteiger partial charge in [-0.25, -0.2) is 9.37 Å². The quantitative estimate of drug-likeness (QED) is 0.296. The van der Waals surface area contributed by atoms with Crippen molar-refractivity contribution in [3.8, 4) is 5.75 Å². The van der Waals surface area contributed by atoms with Crippen LogP contribution < -0.4 is 9.74 Å². The zero-order chi connectivity index (χ0) is 28.1. The molecule has 1 fully saturated rings. The number of rotatable bonds is 8. The minimum absolute atomic E-state index is 0.00258. The lowest BCUT2D eigenvalue weighted by molar-refractivity contribution is 0.0436. The highest BCUT2D eigenvalue weighted by Gasteiger charge is 2.53. The normalized spacial score (nSPS) is 19.9. The third-order valence-corrected chi connectivity index (χ3v) is 7.76. The van der Waals surface area contributed by atoms with Crippen molar-refractivity contribution >= 4 is 21.8 Å². The third kappa shape index (κ3) is 4.95. The standard InChI is InChI=1S/C25H26FN5O7S/c1-14-28-29-21(37-14)23(34)30(2)25-11-10-16(12-25)13-31-22(33)20(38-39(3,35)36)19(27-24(25)31)18(32)9-6-15-4-7-17(26)8-5-15/h4-5,7-8,16H,6,9-13H2,1-3H3. The molecule has 2 aliphatic rings. The van der Waals surface area contributed by atoms with Crippen LogP contribution in [-0.4, -0.2) is 58.1 Å². The molecule has 2 bridgehead atoms. The van der Waals surface area contributed by atoms with Gasteiger partial charge >= 0.3 is 21.9 Å². The van der Waals surface area contributed by atoms with Gasteiger partial charge in [0.25, 0.3) is 5.56 Å². The summed E-state index contributed by atoms with van der Waals surface area (Å²) in [4.78, 5) is 46.3. The fourth-order valence-electron chi connectivity index (χ4n) is 5.42. The SMILES string of the molecule is Cc1nnc(C(=O)N(C)C23CCC(Cn4c2nc(C(=O)CCc2ccc(F)cc2)c(OS(C)(=O)=O)c4=O)C3)o1. The van der Waals surface area contributed by atoms with Crippen LogP contribution in [0.2, 0.25) is 0 Å². The number of aryl methyl sites for hydroxylation is 2. The van der Waals surface area contributed by atoms with Gasteiger partial charge in [0, 0.05) is 26.9 Å². The van der Waals surface area contributed by atoms with E-state index in [0.717, 1.165) is 6.26 Å². The molecular formula is C25H26FN5O7S. The van der Waals surface area contributed by atoms with Gasteiger partial charge < -0.3 is 13.5 Å². The summed E-state index contributed by atoms with van der Waals surface area (Å²) in [5, 5.41) is 7.52. The van der Waals surface area contributed by atoms with Gasteiger partial charge in [0.05, 0.1) is 6.26 Å². The molecule has 3 aromatic rings. The van der Waals surface area contributed by atoms with Gasteiger partial charge in [-0.15, -0.1) is 10.2 Å². The highest BCUT2D eigenvalue weighted by Crippen LogP contribution is 2.49. The molecule has 0 spiro atoms. The Kier molecular flexibility index (Phi) is 6.61. The molecule has 3 heterocycles. The van der Waals surface area contributed by atoms with Crippen molar-refractivity contribution in [1.82, 2.24) is 24.6 Å². The average Bonchev–Trinajstić information content (AvgIpc) is 3.48. The molecule has 39 heavy (non-hydrogen) atoms. The molecule has 0 saturated heterocycles. The Morgan fingerprint density at radius 1 is 1.26 bits per heavy atom. The summed E-state index contributed by atoms with van der Waals surface area (Å²) >= 11 is 0. The van der Waals surface area contributed by atoms with Crippen molar-refractivity contribution in [2.75, 3.05) is 13.3 Å². The van der Waals surface area contributed by atoms with E-state index in [4.69, 9.17) is 8.60 Å². The van der Waals surface area contributed by atoms with Gasteiger partial charge in [-0.3, -0.25) is 19.0 Å². The van der Waals surface area contributed by atoms with Crippen LogP contribution in [0.25, 0.3) is 0 Å². The molecule has 12 nitrogen and oxygen atoms in total. The molecule has 2 atom stereocenters. The molecule has 1 saturated carbocycles. The lowest BCUT2D eigenvalue weighted by atomic mass is 9.89. The maximum atomic E-state index is 13.7. The summed E-state index contributed by atoms with van der Waals surface area (Å²) in [5.74, 6) is -2.14. The van der Waals surface area contributed by atoms with E-state index in [-0.39, 0.29) is 42.9 Å². The minimum Gasteiger partial charge on any atom is -0.417 e. The minimum atomic E-state index is -4.18. The van der Waals surface area contributed by atoms with E-state index in [1.807, 2.05) is 0 Å². The van der Waals surface area contributed by atoms with Crippen LogP contribution in [-0.2, 0) is 28.6 Å². The maximum Gasteiger partial charge on any atom is 0.311 e. The fourth-order valence-corrected chi connectivity index (χ4v) is 5.87. The van der Waals surface area contributed by atoms with E-state index in [9.17, 15) is 27.2 Å². The topological polar surface area (TPSA) is 155 Å². The van der Waals surface area contributed by atoms with Crippen molar-refractivity contribution in [3.63, 3.8) is 0 Å². The molecule has 206 valence electrons. The number of ketones is 1. The third-order valence-electron chi connectivity index (χ3n) is 7.29. The van der Waals surface area contributed by atoms with Crippen molar-refractivity contribution in [2.24, 2.45) is 5.92 Å². The van der Waals surface area contributed by atoms with Crippen molar-refractivity contribution in [2.45, 2.75) is 51.1 Å². The second-order valence-corrected chi connectivity index (χ2v) is 11.6. The first-order chi connectivity index (χ1) is 18.4. The smallest absolute Gasteiger partial charge is 0.311 e. The summed E-state index contributed by atoms with van der Waals surface area (Å²) in [6.07, 6.45) is 2.42. The van der Waals surface area contributed by atoms with Crippen LogP contribution in [0.15, 0.2) is 33.5 Å². The predicted octanol–water partition coefficient (Wildman–Crippen LogP) is 2.01. The molecule has 1 aromatic carbocycles. The number of halogens is 1. The van der Waals surface area contributed by atoms with Crippen LogP contribution >= 0.6 is 0 Å². The average molecular weight is 560 g/mol. The van der Waals surface area contributed by atoms with Crippen LogP contribution in [0.4, 0.5) is 4.39 Å². The summed E-state index contributed by atoms with van der Waals surface area (Å²) in [6, 6.07) is 5.58. The highest BCUT2D eigenvalue weighted by atomic mass is 32.2. The van der Waals surface area contributed by atoms with E-state index in [1.54, 1.807) is 14.0 Å². The number of carbonyl (C=O) groups is 2. The van der Waals surface area contributed by atoms with E-state index < -0.39 is 50.2 Å². The van der Waals surface area contributed by atoms with E-state index in [2.05, 4.69) is 15.2 Å². The lowest BCUT2D eigenvalue weighted by Crippen LogP contribution is -2.52. The number of fused-ring (bicyclic) bond motifs is 4. The highest BCUT2D eigenvalue weighted by molar-refractivity contribution is 7.86. The Bertz CT molecular complexity index is 1630. The van der Waals surface area contributed by atoms with Gasteiger partial charge in [0.2, 0.25) is 11.6 Å². The van der Waals surface area contributed by atoms with Crippen molar-refractivity contribution in [3.05, 3.63) is 69.3 Å². The maximum absolute atomic E-state index is 13.7. The van der Waals surface area contributed by atoms with Gasteiger partial charge in [-0.2, -0.15) is 8.42 Å². The lowest BCUT2D eigenvalue weighted by Gasteiger charge is -2.41. The van der Waals surface area contributed by atoms with Crippen LogP contribution in [0.1, 0.15) is 64.1 Å². The number of Topliss-reactive ketones (excluding diaryl/α,β-unsaturated/α-hetero) is 1. The van der Waals surface area contributed by atoms with Gasteiger partial charge in [-0.05, 0) is 49.3 Å². The summed E-state index contributed by atoms with van der Waals surface area (Å²) in [6.45, 7) is 1.78. The molecule has 2 unspecified atom stereocenters. The first-order valence-electron chi connectivity index (χ1n) is 12.3. The number of aromatic nitrogens is 4. The summed E-state index contributed by atoms with van der Waals surface area (Å²) < 4.78 is 49.0. The molecule has 2 aromatic heterocycles. The van der Waals surface area contributed by atoms with Gasteiger partial charge in [0.1, 0.15) is 17.2 Å². The zero-order valence-corrected chi connectivity index (χ0v) is 22.3. The monoisotopic (exact) mass is 559 g/mol. The molecule has 0 radical (unpaired) electrons. The Labute approximate surface area is 222 Å². The molecule has 1 aliphatic carbocycles. The Hall–Kier alpha value is -3.94. The van der Waals surface area contributed by atoms with E-state index in [1.165, 1.54) is 33.7 Å². The number of hydrogen-bond donors (Lipinski definition) is 0. The van der Waals surface area contributed by atoms with E-state index in [0.29, 0.717) is 24.8 Å². The second-order valence-electron chi connectivity index (χ2n) is 10.00. The van der Waals surface area contributed by atoms with Crippen LogP contribution in [0, 0.1) is 18.7 Å². The molecule has 1 aliphatic heterocycles. The summed E-state index contributed by atoms with van der Waals surface area (Å²) in [7, 11) is -2.64. The Morgan fingerprint density at radius 3 is 2.62 bits per heavy atom. The molecule has 0 N–H and O–H groups in total. The molecular weight excluding hydrogens is 533 g/mol.